The molecule has 1 aromatic carbocycles. The summed E-state index contributed by atoms with van der Waals surface area (Å²) in [6, 6.07) is 5.11. The van der Waals surface area contributed by atoms with Gasteiger partial charge in [-0.15, -0.1) is 12.6 Å². The molecule has 0 aliphatic carbocycles. The number of anilines is 1. The van der Waals surface area contributed by atoms with Crippen molar-refractivity contribution in [1.29, 1.82) is 0 Å². The molecule has 0 aliphatic heterocycles. The highest BCUT2D eigenvalue weighted by Gasteiger charge is 2.00. The fourth-order valence-electron chi connectivity index (χ4n) is 0.798. The fraction of sp³-hybridized carbons (Fsp3) is 0.125. The Morgan fingerprint density at radius 1 is 1.58 bits per heavy atom. The summed E-state index contributed by atoms with van der Waals surface area (Å²) < 4.78 is 0. The molecule has 0 saturated carbocycles. The lowest BCUT2D eigenvalue weighted by atomic mass is 10.3. The fourth-order valence-corrected chi connectivity index (χ4v) is 1.17. The van der Waals surface area contributed by atoms with E-state index in [9.17, 15) is 4.79 Å². The maximum atomic E-state index is 10.7. The van der Waals surface area contributed by atoms with Crippen LogP contribution in [0.4, 0.5) is 5.69 Å². The third-order valence-corrected chi connectivity index (χ3v) is 1.89. The Morgan fingerprint density at radius 3 is 2.83 bits per heavy atom. The Kier molecular flexibility index (Phi) is 3.00. The standard InChI is InChI=1S/C8H8ClNOS/c1-5(11)10-7-4-6(9)2-3-8(7)12/h2-4,12H,1H3,(H,10,11). The molecule has 0 heterocycles. The molecule has 0 unspecified atom stereocenters. The van der Waals surface area contributed by atoms with Crippen LogP contribution in [0.3, 0.4) is 0 Å². The summed E-state index contributed by atoms with van der Waals surface area (Å²) >= 11 is 9.86. The number of hydrogen-bond acceptors (Lipinski definition) is 2. The summed E-state index contributed by atoms with van der Waals surface area (Å²) in [5.41, 5.74) is 0.637. The van der Waals surface area contributed by atoms with Gasteiger partial charge in [-0.2, -0.15) is 0 Å². The van der Waals surface area contributed by atoms with Crippen LogP contribution in [0.1, 0.15) is 6.92 Å². The average Bonchev–Trinajstić information content (AvgIpc) is 1.96. The zero-order chi connectivity index (χ0) is 9.14. The Labute approximate surface area is 81.3 Å². The van der Waals surface area contributed by atoms with Crippen LogP contribution in [0.15, 0.2) is 23.1 Å². The van der Waals surface area contributed by atoms with Gasteiger partial charge in [-0.1, -0.05) is 11.6 Å². The van der Waals surface area contributed by atoms with E-state index in [1.54, 1.807) is 18.2 Å². The van der Waals surface area contributed by atoms with Crippen molar-refractivity contribution in [2.24, 2.45) is 0 Å². The molecule has 0 spiro atoms. The van der Waals surface area contributed by atoms with Crippen LogP contribution < -0.4 is 5.32 Å². The second kappa shape index (κ2) is 3.83. The normalized spacial score (nSPS) is 9.58. The summed E-state index contributed by atoms with van der Waals surface area (Å²) in [5.74, 6) is -0.132. The number of hydrogen-bond donors (Lipinski definition) is 2. The number of rotatable bonds is 1. The van der Waals surface area contributed by atoms with Crippen LogP contribution in [-0.4, -0.2) is 5.91 Å². The average molecular weight is 202 g/mol. The zero-order valence-electron chi connectivity index (χ0n) is 6.47. The number of carbonyl (C=O) groups is 1. The van der Waals surface area contributed by atoms with Crippen molar-refractivity contribution in [3.8, 4) is 0 Å². The van der Waals surface area contributed by atoms with Crippen LogP contribution in [-0.2, 0) is 4.79 Å². The minimum Gasteiger partial charge on any atom is -0.325 e. The molecule has 0 bridgehead atoms. The van der Waals surface area contributed by atoms with Crippen molar-refractivity contribution in [3.05, 3.63) is 23.2 Å². The van der Waals surface area contributed by atoms with Gasteiger partial charge < -0.3 is 5.32 Å². The molecule has 0 fully saturated rings. The first kappa shape index (κ1) is 9.42. The summed E-state index contributed by atoms with van der Waals surface area (Å²) in [4.78, 5) is 11.4. The van der Waals surface area contributed by atoms with E-state index >= 15 is 0 Å². The maximum Gasteiger partial charge on any atom is 0.221 e. The van der Waals surface area contributed by atoms with E-state index in [1.165, 1.54) is 6.92 Å². The molecular weight excluding hydrogens is 194 g/mol. The summed E-state index contributed by atoms with van der Waals surface area (Å²) in [6.07, 6.45) is 0. The predicted octanol–water partition coefficient (Wildman–Crippen LogP) is 2.59. The van der Waals surface area contributed by atoms with E-state index < -0.39 is 0 Å². The maximum absolute atomic E-state index is 10.7. The second-order valence-electron chi connectivity index (χ2n) is 2.34. The Hall–Kier alpha value is -0.670. The zero-order valence-corrected chi connectivity index (χ0v) is 8.12. The topological polar surface area (TPSA) is 29.1 Å². The number of benzene rings is 1. The van der Waals surface area contributed by atoms with Crippen molar-refractivity contribution < 1.29 is 4.79 Å². The van der Waals surface area contributed by atoms with E-state index in [0.717, 1.165) is 0 Å². The van der Waals surface area contributed by atoms with Gasteiger partial charge in [0, 0.05) is 16.8 Å². The molecule has 0 aliphatic rings. The minimum absolute atomic E-state index is 0.132. The lowest BCUT2D eigenvalue weighted by molar-refractivity contribution is -0.114. The highest BCUT2D eigenvalue weighted by Crippen LogP contribution is 2.23. The molecule has 1 N–H and O–H groups in total. The molecule has 4 heteroatoms. The van der Waals surface area contributed by atoms with Gasteiger partial charge in [0.1, 0.15) is 0 Å². The molecule has 1 aromatic rings. The van der Waals surface area contributed by atoms with Gasteiger partial charge in [-0.3, -0.25) is 4.79 Å². The Morgan fingerprint density at radius 2 is 2.25 bits per heavy atom. The van der Waals surface area contributed by atoms with Gasteiger partial charge in [0.2, 0.25) is 5.91 Å². The van der Waals surface area contributed by atoms with Crippen LogP contribution in [0.2, 0.25) is 5.02 Å². The number of halogens is 1. The molecule has 64 valence electrons. The lowest BCUT2D eigenvalue weighted by Gasteiger charge is -2.04. The third kappa shape index (κ3) is 2.43. The SMILES string of the molecule is CC(=O)Nc1cc(Cl)ccc1S. The molecule has 2 nitrogen and oxygen atoms in total. The smallest absolute Gasteiger partial charge is 0.221 e. The molecular formula is C8H8ClNOS. The van der Waals surface area contributed by atoms with Crippen molar-refractivity contribution in [2.45, 2.75) is 11.8 Å². The van der Waals surface area contributed by atoms with Gasteiger partial charge in [-0.05, 0) is 18.2 Å². The van der Waals surface area contributed by atoms with Gasteiger partial charge in [-0.25, -0.2) is 0 Å². The largest absolute Gasteiger partial charge is 0.325 e. The third-order valence-electron chi connectivity index (χ3n) is 1.27. The van der Waals surface area contributed by atoms with Crippen molar-refractivity contribution >= 4 is 35.8 Å². The molecule has 0 aromatic heterocycles. The number of amides is 1. The monoisotopic (exact) mass is 201 g/mol. The second-order valence-corrected chi connectivity index (χ2v) is 3.26. The number of carbonyl (C=O) groups excluding carboxylic acids is 1. The van der Waals surface area contributed by atoms with Crippen LogP contribution >= 0.6 is 24.2 Å². The molecule has 1 amide bonds. The minimum atomic E-state index is -0.132. The highest BCUT2D eigenvalue weighted by molar-refractivity contribution is 7.80. The van der Waals surface area contributed by atoms with Gasteiger partial charge >= 0.3 is 0 Å². The summed E-state index contributed by atoms with van der Waals surface area (Å²) in [6.45, 7) is 1.44. The first-order valence-corrected chi connectivity index (χ1v) is 4.18. The first-order chi connectivity index (χ1) is 5.59. The predicted molar refractivity (Wildman–Crippen MR) is 53.0 cm³/mol. The van der Waals surface area contributed by atoms with Crippen molar-refractivity contribution in [2.75, 3.05) is 5.32 Å². The quantitative estimate of drug-likeness (QED) is 0.672. The molecule has 1 rings (SSSR count). The van der Waals surface area contributed by atoms with E-state index in [-0.39, 0.29) is 5.91 Å². The van der Waals surface area contributed by atoms with Crippen LogP contribution in [0.5, 0.6) is 0 Å². The van der Waals surface area contributed by atoms with Gasteiger partial charge in [0.15, 0.2) is 0 Å². The van der Waals surface area contributed by atoms with E-state index in [2.05, 4.69) is 17.9 Å². The van der Waals surface area contributed by atoms with E-state index in [0.29, 0.717) is 15.6 Å². The highest BCUT2D eigenvalue weighted by atomic mass is 35.5. The van der Waals surface area contributed by atoms with Crippen LogP contribution in [0, 0.1) is 0 Å². The van der Waals surface area contributed by atoms with Gasteiger partial charge in [0.05, 0.1) is 5.69 Å². The summed E-state index contributed by atoms with van der Waals surface area (Å²) in [5, 5.41) is 3.19. The number of thiol groups is 1. The van der Waals surface area contributed by atoms with E-state index in [1.807, 2.05) is 0 Å². The molecule has 12 heavy (non-hydrogen) atoms. The summed E-state index contributed by atoms with van der Waals surface area (Å²) in [7, 11) is 0. The van der Waals surface area contributed by atoms with Gasteiger partial charge in [0.25, 0.3) is 0 Å². The van der Waals surface area contributed by atoms with Crippen molar-refractivity contribution in [3.63, 3.8) is 0 Å². The Balaban J connectivity index is 2.97. The van der Waals surface area contributed by atoms with Crippen LogP contribution in [0.25, 0.3) is 0 Å². The Bertz CT molecular complexity index is 314. The molecule has 0 radical (unpaired) electrons. The molecule has 0 atom stereocenters. The first-order valence-electron chi connectivity index (χ1n) is 3.35. The molecule has 0 saturated heterocycles. The lowest BCUT2D eigenvalue weighted by Crippen LogP contribution is -2.06. The van der Waals surface area contributed by atoms with Crippen molar-refractivity contribution in [1.82, 2.24) is 0 Å². The number of nitrogens with one attached hydrogen (secondary N) is 1. The van der Waals surface area contributed by atoms with E-state index in [4.69, 9.17) is 11.6 Å².